The lowest BCUT2D eigenvalue weighted by Gasteiger charge is -2.25. The second-order valence-electron chi connectivity index (χ2n) is 5.36. The lowest BCUT2D eigenvalue weighted by Crippen LogP contribution is -2.43. The normalized spacial score (nSPS) is 12.3. The van der Waals surface area contributed by atoms with Gasteiger partial charge in [0, 0.05) is 11.1 Å². The van der Waals surface area contributed by atoms with E-state index in [0.29, 0.717) is 6.42 Å². The molecule has 7 heteroatoms. The summed E-state index contributed by atoms with van der Waals surface area (Å²) in [5.41, 5.74) is 10.4. The van der Waals surface area contributed by atoms with Crippen LogP contribution >= 0.6 is 0 Å². The van der Waals surface area contributed by atoms with Crippen LogP contribution in [-0.4, -0.2) is 19.9 Å². The Labute approximate surface area is 119 Å². The highest BCUT2D eigenvalue weighted by atomic mass is 32.2. The predicted octanol–water partition coefficient (Wildman–Crippen LogP) is 1.22. The maximum absolute atomic E-state index is 12.3. The molecule has 1 amide bonds. The van der Waals surface area contributed by atoms with Crippen molar-refractivity contribution >= 4 is 21.6 Å². The molecule has 5 N–H and O–H groups in total. The minimum atomic E-state index is -3.74. The number of sulfonamides is 1. The first-order valence-corrected chi connectivity index (χ1v) is 7.80. The molecule has 0 saturated heterocycles. The van der Waals surface area contributed by atoms with Gasteiger partial charge >= 0.3 is 0 Å². The molecular weight excluding hydrogens is 278 g/mol. The summed E-state index contributed by atoms with van der Waals surface area (Å²) >= 11 is 0. The lowest BCUT2D eigenvalue weighted by atomic mass is 10.0. The fourth-order valence-electron chi connectivity index (χ4n) is 2.04. The smallest absolute Gasteiger partial charge is 0.248 e. The van der Waals surface area contributed by atoms with Gasteiger partial charge in [-0.15, -0.1) is 0 Å². The van der Waals surface area contributed by atoms with Crippen molar-refractivity contribution in [1.82, 2.24) is 4.72 Å². The van der Waals surface area contributed by atoms with Crippen molar-refractivity contribution in [2.75, 3.05) is 5.73 Å². The SMILES string of the molecule is CCCC(C)(C)NS(=O)(=O)c1ccc(C(N)=O)cc1N. The molecule has 0 aliphatic carbocycles. The van der Waals surface area contributed by atoms with E-state index in [4.69, 9.17) is 11.5 Å². The molecule has 0 aromatic heterocycles. The first kappa shape index (κ1) is 16.5. The van der Waals surface area contributed by atoms with Crippen LogP contribution in [0.25, 0.3) is 0 Å². The third kappa shape index (κ3) is 3.94. The molecule has 0 fully saturated rings. The van der Waals surface area contributed by atoms with Crippen molar-refractivity contribution in [3.05, 3.63) is 23.8 Å². The highest BCUT2D eigenvalue weighted by Crippen LogP contribution is 2.22. The molecule has 112 valence electrons. The van der Waals surface area contributed by atoms with Gasteiger partial charge in [0.05, 0.1) is 5.69 Å². The summed E-state index contributed by atoms with van der Waals surface area (Å²) in [5, 5.41) is 0. The van der Waals surface area contributed by atoms with E-state index in [0.717, 1.165) is 6.42 Å². The van der Waals surface area contributed by atoms with Gasteiger partial charge in [-0.25, -0.2) is 13.1 Å². The average Bonchev–Trinajstić information content (AvgIpc) is 2.26. The summed E-state index contributed by atoms with van der Waals surface area (Å²) in [6.07, 6.45) is 1.55. The largest absolute Gasteiger partial charge is 0.398 e. The number of rotatable bonds is 6. The Morgan fingerprint density at radius 1 is 1.35 bits per heavy atom. The van der Waals surface area contributed by atoms with Crippen LogP contribution in [0.15, 0.2) is 23.1 Å². The fourth-order valence-corrected chi connectivity index (χ4v) is 3.60. The van der Waals surface area contributed by atoms with Crippen LogP contribution in [-0.2, 0) is 10.0 Å². The number of primary amides is 1. The molecule has 0 bridgehead atoms. The Bertz CT molecular complexity index is 609. The molecule has 0 atom stereocenters. The summed E-state index contributed by atoms with van der Waals surface area (Å²) in [6, 6.07) is 3.91. The van der Waals surface area contributed by atoms with Crippen molar-refractivity contribution in [3.8, 4) is 0 Å². The molecule has 0 saturated carbocycles. The van der Waals surface area contributed by atoms with Crippen molar-refractivity contribution in [3.63, 3.8) is 0 Å². The third-order valence-electron chi connectivity index (χ3n) is 2.87. The van der Waals surface area contributed by atoms with Crippen LogP contribution in [0.4, 0.5) is 5.69 Å². The van der Waals surface area contributed by atoms with Gasteiger partial charge in [-0.1, -0.05) is 13.3 Å². The molecule has 1 aromatic rings. The first-order chi connectivity index (χ1) is 9.09. The van der Waals surface area contributed by atoms with E-state index in [1.807, 2.05) is 20.8 Å². The van der Waals surface area contributed by atoms with Crippen LogP contribution in [0, 0.1) is 0 Å². The van der Waals surface area contributed by atoms with Crippen LogP contribution in [0.3, 0.4) is 0 Å². The van der Waals surface area contributed by atoms with Crippen molar-refractivity contribution in [1.29, 1.82) is 0 Å². The molecule has 6 nitrogen and oxygen atoms in total. The van der Waals surface area contributed by atoms with Gasteiger partial charge in [0.2, 0.25) is 15.9 Å². The van der Waals surface area contributed by atoms with E-state index in [9.17, 15) is 13.2 Å². The Kier molecular flexibility index (Phi) is 4.77. The zero-order chi connectivity index (χ0) is 15.6. The molecule has 0 radical (unpaired) electrons. The van der Waals surface area contributed by atoms with Crippen molar-refractivity contribution in [2.24, 2.45) is 5.73 Å². The summed E-state index contributed by atoms with van der Waals surface area (Å²) in [6.45, 7) is 5.59. The topological polar surface area (TPSA) is 115 Å². The highest BCUT2D eigenvalue weighted by Gasteiger charge is 2.27. The minimum Gasteiger partial charge on any atom is -0.398 e. The number of nitrogens with two attached hydrogens (primary N) is 2. The van der Waals surface area contributed by atoms with Crippen molar-refractivity contribution in [2.45, 2.75) is 44.0 Å². The quantitative estimate of drug-likeness (QED) is 0.685. The van der Waals surface area contributed by atoms with Crippen LogP contribution in [0.2, 0.25) is 0 Å². The van der Waals surface area contributed by atoms with Crippen LogP contribution < -0.4 is 16.2 Å². The number of carbonyl (C=O) groups excluding carboxylic acids is 1. The summed E-state index contributed by atoms with van der Waals surface area (Å²) in [5.74, 6) is -0.653. The van der Waals surface area contributed by atoms with E-state index in [1.165, 1.54) is 18.2 Å². The Morgan fingerprint density at radius 3 is 2.40 bits per heavy atom. The van der Waals surface area contributed by atoms with Gasteiger partial charge in [-0.05, 0) is 38.5 Å². The van der Waals surface area contributed by atoms with Gasteiger partial charge < -0.3 is 11.5 Å². The molecular formula is C13H21N3O3S. The Hall–Kier alpha value is -1.60. The zero-order valence-corrected chi connectivity index (χ0v) is 12.8. The molecule has 0 unspecified atom stereocenters. The van der Waals surface area contributed by atoms with Gasteiger partial charge in [-0.3, -0.25) is 4.79 Å². The van der Waals surface area contributed by atoms with E-state index in [2.05, 4.69) is 4.72 Å². The number of nitrogens with one attached hydrogen (secondary N) is 1. The molecule has 20 heavy (non-hydrogen) atoms. The molecule has 0 aliphatic heterocycles. The standard InChI is InChI=1S/C13H21N3O3S/c1-4-7-13(2,3)16-20(18,19)11-6-5-9(12(15)17)8-10(11)14/h5-6,8,16H,4,7,14H2,1-3H3,(H2,15,17). The number of hydrogen-bond donors (Lipinski definition) is 3. The third-order valence-corrected chi connectivity index (χ3v) is 4.64. The lowest BCUT2D eigenvalue weighted by molar-refractivity contribution is 0.1000. The number of amides is 1. The summed E-state index contributed by atoms with van der Waals surface area (Å²) < 4.78 is 27.3. The predicted molar refractivity (Wildman–Crippen MR) is 78.7 cm³/mol. The maximum atomic E-state index is 12.3. The highest BCUT2D eigenvalue weighted by molar-refractivity contribution is 7.89. The number of benzene rings is 1. The average molecular weight is 299 g/mol. The van der Waals surface area contributed by atoms with Gasteiger partial charge in [0.15, 0.2) is 0 Å². The number of nitrogen functional groups attached to an aromatic ring is 1. The van der Waals surface area contributed by atoms with Gasteiger partial charge in [-0.2, -0.15) is 0 Å². The second kappa shape index (κ2) is 5.80. The molecule has 0 aliphatic rings. The number of carbonyl (C=O) groups is 1. The monoisotopic (exact) mass is 299 g/mol. The second-order valence-corrected chi connectivity index (χ2v) is 7.01. The summed E-state index contributed by atoms with van der Waals surface area (Å²) in [4.78, 5) is 11.0. The first-order valence-electron chi connectivity index (χ1n) is 6.32. The molecule has 1 rings (SSSR count). The van der Waals surface area contributed by atoms with Crippen LogP contribution in [0.1, 0.15) is 44.0 Å². The maximum Gasteiger partial charge on any atom is 0.248 e. The summed E-state index contributed by atoms with van der Waals surface area (Å²) in [7, 11) is -3.74. The van der Waals surface area contributed by atoms with Crippen LogP contribution in [0.5, 0.6) is 0 Å². The number of hydrogen-bond acceptors (Lipinski definition) is 4. The van der Waals surface area contributed by atoms with E-state index in [1.54, 1.807) is 0 Å². The zero-order valence-electron chi connectivity index (χ0n) is 11.9. The van der Waals surface area contributed by atoms with E-state index < -0.39 is 21.5 Å². The minimum absolute atomic E-state index is 0.00102. The van der Waals surface area contributed by atoms with Gasteiger partial charge in [0.25, 0.3) is 0 Å². The fraction of sp³-hybridized carbons (Fsp3) is 0.462. The molecule has 1 aromatic carbocycles. The van der Waals surface area contributed by atoms with E-state index >= 15 is 0 Å². The van der Waals surface area contributed by atoms with E-state index in [-0.39, 0.29) is 16.1 Å². The number of anilines is 1. The van der Waals surface area contributed by atoms with Gasteiger partial charge in [0.1, 0.15) is 4.90 Å². The molecule has 0 heterocycles. The Morgan fingerprint density at radius 2 is 1.95 bits per heavy atom. The Balaban J connectivity index is 3.14. The van der Waals surface area contributed by atoms with Crippen molar-refractivity contribution < 1.29 is 13.2 Å². The molecule has 0 spiro atoms.